The highest BCUT2D eigenvalue weighted by molar-refractivity contribution is 5.75. The van der Waals surface area contributed by atoms with Crippen LogP contribution in [0.25, 0.3) is 0 Å². The van der Waals surface area contributed by atoms with Gasteiger partial charge in [0.05, 0.1) is 0 Å². The summed E-state index contributed by atoms with van der Waals surface area (Å²) in [6.45, 7) is 3.09. The summed E-state index contributed by atoms with van der Waals surface area (Å²) in [6.07, 6.45) is 32.1. The van der Waals surface area contributed by atoms with Crippen molar-refractivity contribution in [2.45, 2.75) is 51.9 Å². The third kappa shape index (κ3) is 19.9. The molecule has 26 heavy (non-hydrogen) atoms. The maximum atomic E-state index is 11.3. The summed E-state index contributed by atoms with van der Waals surface area (Å²) >= 11 is 0. The molecule has 0 saturated carbocycles. The van der Waals surface area contributed by atoms with E-state index in [0.29, 0.717) is 19.5 Å². The molecule has 0 aromatic heterocycles. The number of nitrogens with one attached hydrogen (secondary N) is 1. The topological polar surface area (TPSA) is 55.1 Å². The Labute approximate surface area is 160 Å². The predicted octanol–water partition coefficient (Wildman–Crippen LogP) is 5.15. The smallest absolute Gasteiger partial charge is 0.220 e. The second-order valence-electron chi connectivity index (χ2n) is 5.78. The molecule has 0 atom stereocenters. The zero-order valence-corrected chi connectivity index (χ0v) is 16.3. The zero-order valence-electron chi connectivity index (χ0n) is 16.3. The molecule has 0 aromatic rings. The van der Waals surface area contributed by atoms with Crippen molar-refractivity contribution >= 4 is 5.91 Å². The fourth-order valence-corrected chi connectivity index (χ4v) is 2.03. The number of amides is 1. The summed E-state index contributed by atoms with van der Waals surface area (Å²) < 4.78 is 0. The monoisotopic (exact) mass is 356 g/mol. The molecule has 0 heterocycles. The van der Waals surface area contributed by atoms with Crippen molar-refractivity contribution in [2.24, 2.45) is 5.73 Å². The first-order valence-electron chi connectivity index (χ1n) is 9.64. The van der Waals surface area contributed by atoms with E-state index in [0.717, 1.165) is 38.5 Å². The fourth-order valence-electron chi connectivity index (χ4n) is 2.03. The van der Waals surface area contributed by atoms with Crippen LogP contribution in [0, 0.1) is 0 Å². The largest absolute Gasteiger partial charge is 0.355 e. The van der Waals surface area contributed by atoms with E-state index < -0.39 is 0 Å². The van der Waals surface area contributed by atoms with Crippen LogP contribution in [0.4, 0.5) is 0 Å². The molecule has 0 bridgehead atoms. The van der Waals surface area contributed by atoms with Gasteiger partial charge in [-0.3, -0.25) is 4.79 Å². The van der Waals surface area contributed by atoms with Crippen molar-refractivity contribution in [2.75, 3.05) is 13.1 Å². The van der Waals surface area contributed by atoms with Gasteiger partial charge in [-0.15, -0.1) is 0 Å². The minimum Gasteiger partial charge on any atom is -0.355 e. The van der Waals surface area contributed by atoms with Crippen LogP contribution >= 0.6 is 0 Å². The Morgan fingerprint density at radius 3 is 1.58 bits per heavy atom. The summed E-state index contributed by atoms with van der Waals surface area (Å²) in [5, 5.41) is 2.76. The van der Waals surface area contributed by atoms with E-state index in [2.05, 4.69) is 78.2 Å². The van der Waals surface area contributed by atoms with Crippen LogP contribution < -0.4 is 11.1 Å². The Hall–Kier alpha value is -2.13. The molecule has 0 radical (unpaired) electrons. The lowest BCUT2D eigenvalue weighted by molar-refractivity contribution is -0.120. The molecular formula is C23H36N2O. The first-order valence-corrected chi connectivity index (χ1v) is 9.64. The Morgan fingerprint density at radius 2 is 1.15 bits per heavy atom. The normalized spacial score (nSPS) is 12.8. The Morgan fingerprint density at radius 1 is 0.731 bits per heavy atom. The lowest BCUT2D eigenvalue weighted by Gasteiger charge is -2.00. The van der Waals surface area contributed by atoms with Crippen molar-refractivity contribution in [3.8, 4) is 0 Å². The maximum absolute atomic E-state index is 11.3. The minimum absolute atomic E-state index is 0.0690. The van der Waals surface area contributed by atoms with Crippen LogP contribution in [-0.2, 0) is 4.79 Å². The van der Waals surface area contributed by atoms with Gasteiger partial charge in [0.15, 0.2) is 0 Å². The predicted molar refractivity (Wildman–Crippen MR) is 115 cm³/mol. The molecule has 3 N–H and O–H groups in total. The van der Waals surface area contributed by atoms with E-state index in [1.54, 1.807) is 0 Å². The number of rotatable bonds is 15. The molecule has 0 rings (SSSR count). The molecule has 0 unspecified atom stereocenters. The first kappa shape index (κ1) is 23.9. The molecule has 1 amide bonds. The molecule has 0 aliphatic rings. The van der Waals surface area contributed by atoms with E-state index in [4.69, 9.17) is 5.73 Å². The van der Waals surface area contributed by atoms with E-state index in [1.165, 1.54) is 0 Å². The number of nitrogens with two attached hydrogens (primary N) is 1. The van der Waals surface area contributed by atoms with Gasteiger partial charge < -0.3 is 11.1 Å². The lowest BCUT2D eigenvalue weighted by atomic mass is 10.2. The quantitative estimate of drug-likeness (QED) is 0.399. The Kier molecular flexibility index (Phi) is 19.2. The molecule has 0 aromatic carbocycles. The number of hydrogen-bond acceptors (Lipinski definition) is 2. The molecule has 0 saturated heterocycles. The second kappa shape index (κ2) is 20.9. The van der Waals surface area contributed by atoms with Crippen molar-refractivity contribution in [3.63, 3.8) is 0 Å². The van der Waals surface area contributed by atoms with Crippen LogP contribution in [-0.4, -0.2) is 19.0 Å². The van der Waals surface area contributed by atoms with Crippen molar-refractivity contribution < 1.29 is 4.79 Å². The van der Waals surface area contributed by atoms with E-state index in [-0.39, 0.29) is 5.91 Å². The molecule has 0 aliphatic carbocycles. The van der Waals surface area contributed by atoms with Gasteiger partial charge in [0.2, 0.25) is 5.91 Å². The van der Waals surface area contributed by atoms with Crippen molar-refractivity contribution in [1.82, 2.24) is 5.32 Å². The van der Waals surface area contributed by atoms with Gasteiger partial charge in [-0.05, 0) is 45.4 Å². The highest BCUT2D eigenvalue weighted by Gasteiger charge is 1.96. The molecular weight excluding hydrogens is 320 g/mol. The fraction of sp³-hybridized carbons (Fsp3) is 0.435. The molecule has 3 heteroatoms. The molecule has 0 spiro atoms. The zero-order chi connectivity index (χ0) is 19.1. The van der Waals surface area contributed by atoms with E-state index in [9.17, 15) is 4.79 Å². The van der Waals surface area contributed by atoms with Crippen LogP contribution in [0.2, 0.25) is 0 Å². The van der Waals surface area contributed by atoms with Gasteiger partial charge in [-0.25, -0.2) is 0 Å². The maximum Gasteiger partial charge on any atom is 0.220 e. The third-order valence-electron chi connectivity index (χ3n) is 3.43. The van der Waals surface area contributed by atoms with Gasteiger partial charge >= 0.3 is 0 Å². The second-order valence-corrected chi connectivity index (χ2v) is 5.78. The van der Waals surface area contributed by atoms with Crippen LogP contribution in [0.5, 0.6) is 0 Å². The number of carbonyl (C=O) groups is 1. The van der Waals surface area contributed by atoms with Crippen molar-refractivity contribution in [1.29, 1.82) is 0 Å². The van der Waals surface area contributed by atoms with E-state index >= 15 is 0 Å². The van der Waals surface area contributed by atoms with Gasteiger partial charge in [0.25, 0.3) is 0 Å². The lowest BCUT2D eigenvalue weighted by Crippen LogP contribution is -2.28. The molecule has 0 fully saturated rings. The summed E-state index contributed by atoms with van der Waals surface area (Å²) in [7, 11) is 0. The average Bonchev–Trinajstić information content (AvgIpc) is 2.65. The minimum atomic E-state index is 0.0690. The number of carbonyl (C=O) groups excluding carboxylic acids is 1. The molecule has 0 aliphatic heterocycles. The summed E-state index contributed by atoms with van der Waals surface area (Å²) in [5.74, 6) is 0.0690. The van der Waals surface area contributed by atoms with Gasteiger partial charge in [-0.2, -0.15) is 0 Å². The van der Waals surface area contributed by atoms with Gasteiger partial charge in [-0.1, -0.05) is 72.9 Å². The molecule has 144 valence electrons. The SMILES string of the molecule is C/C=C\C/C=C\C/C=C\C/C=C\C/C=C\C/C=C\CCC(=O)NCCN. The summed E-state index contributed by atoms with van der Waals surface area (Å²) in [4.78, 5) is 11.3. The Balaban J connectivity index is 3.54. The molecule has 3 nitrogen and oxygen atoms in total. The van der Waals surface area contributed by atoms with Crippen LogP contribution in [0.1, 0.15) is 51.9 Å². The van der Waals surface area contributed by atoms with Gasteiger partial charge in [0, 0.05) is 19.5 Å². The van der Waals surface area contributed by atoms with Crippen molar-refractivity contribution in [3.05, 3.63) is 72.9 Å². The van der Waals surface area contributed by atoms with E-state index in [1.807, 2.05) is 6.92 Å². The van der Waals surface area contributed by atoms with Crippen LogP contribution in [0.3, 0.4) is 0 Å². The first-order chi connectivity index (χ1) is 12.8. The highest BCUT2D eigenvalue weighted by Crippen LogP contribution is 1.97. The summed E-state index contributed by atoms with van der Waals surface area (Å²) in [5.41, 5.74) is 5.33. The standard InChI is InChI=1S/C23H36N2O/c1-2-3-4-5-6-7-8-9-10-11-12-13-14-15-16-17-18-19-20-23(26)25-22-21-24/h2-3,5-6,8-9,11-12,14-15,17-18H,4,7,10,13,16,19-22,24H2,1H3,(H,25,26)/b3-2-,6-5-,9-8-,12-11-,15-14-,18-17-. The summed E-state index contributed by atoms with van der Waals surface area (Å²) in [6, 6.07) is 0. The van der Waals surface area contributed by atoms with Crippen LogP contribution in [0.15, 0.2) is 72.9 Å². The Bertz CT molecular complexity index is 496. The number of allylic oxidation sites excluding steroid dienone is 12. The highest BCUT2D eigenvalue weighted by atomic mass is 16.1. The average molecular weight is 357 g/mol. The number of hydrogen-bond donors (Lipinski definition) is 2. The van der Waals surface area contributed by atoms with Gasteiger partial charge in [0.1, 0.15) is 0 Å². The third-order valence-corrected chi connectivity index (χ3v) is 3.43.